The van der Waals surface area contributed by atoms with E-state index in [2.05, 4.69) is 15.1 Å². The molecule has 2 N–H and O–H groups in total. The third-order valence-corrected chi connectivity index (χ3v) is 2.47. The van der Waals surface area contributed by atoms with E-state index in [0.29, 0.717) is 11.9 Å². The number of nitrogens with two attached hydrogens (primary N) is 1. The van der Waals surface area contributed by atoms with E-state index in [1.165, 1.54) is 12.8 Å². The molecule has 1 atom stereocenters. The third kappa shape index (κ3) is 1.80. The van der Waals surface area contributed by atoms with Gasteiger partial charge in [-0.05, 0) is 25.3 Å². The van der Waals surface area contributed by atoms with Gasteiger partial charge in [-0.3, -0.25) is 0 Å². The fourth-order valence-corrected chi connectivity index (χ4v) is 1.74. The number of nitrogens with zero attached hydrogens (tertiary/aromatic N) is 3. The second-order valence-corrected chi connectivity index (χ2v) is 3.41. The molecule has 0 aromatic carbocycles. The summed E-state index contributed by atoms with van der Waals surface area (Å²) in [7, 11) is 0. The molecule has 2 heterocycles. The van der Waals surface area contributed by atoms with Gasteiger partial charge < -0.3 is 15.1 Å². The van der Waals surface area contributed by atoms with Gasteiger partial charge in [-0.25, -0.2) is 0 Å². The Bertz CT molecular complexity index is 249. The van der Waals surface area contributed by atoms with Crippen LogP contribution in [0.3, 0.4) is 0 Å². The van der Waals surface area contributed by atoms with Crippen molar-refractivity contribution >= 4 is 6.01 Å². The predicted octanol–water partition coefficient (Wildman–Crippen LogP) is 0.245. The van der Waals surface area contributed by atoms with Crippen molar-refractivity contribution in [1.29, 1.82) is 0 Å². The minimum absolute atomic E-state index is 0.570. The first-order chi connectivity index (χ1) is 6.40. The summed E-state index contributed by atoms with van der Waals surface area (Å²) in [6.45, 7) is 2.68. The first-order valence-electron chi connectivity index (χ1n) is 4.61. The van der Waals surface area contributed by atoms with Crippen molar-refractivity contribution < 1.29 is 4.42 Å². The highest BCUT2D eigenvalue weighted by molar-refractivity contribution is 5.24. The zero-order valence-corrected chi connectivity index (χ0v) is 7.52. The van der Waals surface area contributed by atoms with Crippen molar-refractivity contribution in [2.24, 2.45) is 11.7 Å². The summed E-state index contributed by atoms with van der Waals surface area (Å²) in [6.07, 6.45) is 3.73. The normalized spacial score (nSPS) is 23.5. The van der Waals surface area contributed by atoms with Crippen LogP contribution in [0.5, 0.6) is 0 Å². The van der Waals surface area contributed by atoms with E-state index in [1.54, 1.807) is 0 Å². The van der Waals surface area contributed by atoms with E-state index in [4.69, 9.17) is 10.2 Å². The van der Waals surface area contributed by atoms with Gasteiger partial charge in [0.15, 0.2) is 0 Å². The molecule has 5 heteroatoms. The van der Waals surface area contributed by atoms with Gasteiger partial charge in [0.1, 0.15) is 0 Å². The topological polar surface area (TPSA) is 68.2 Å². The third-order valence-electron chi connectivity index (χ3n) is 2.47. The van der Waals surface area contributed by atoms with E-state index < -0.39 is 0 Å². The van der Waals surface area contributed by atoms with Crippen LogP contribution in [-0.2, 0) is 0 Å². The molecule has 0 saturated carbocycles. The molecule has 1 aliphatic heterocycles. The molecule has 1 aliphatic rings. The van der Waals surface area contributed by atoms with Crippen LogP contribution < -0.4 is 10.6 Å². The second-order valence-electron chi connectivity index (χ2n) is 3.41. The fraction of sp³-hybridized carbons (Fsp3) is 0.750. The summed E-state index contributed by atoms with van der Waals surface area (Å²) in [5.41, 5.74) is 5.63. The van der Waals surface area contributed by atoms with Gasteiger partial charge in [-0.1, -0.05) is 5.10 Å². The molecule has 2 rings (SSSR count). The van der Waals surface area contributed by atoms with E-state index in [9.17, 15) is 0 Å². The van der Waals surface area contributed by atoms with Crippen molar-refractivity contribution in [2.75, 3.05) is 24.5 Å². The fourth-order valence-electron chi connectivity index (χ4n) is 1.74. The molecule has 1 aromatic heterocycles. The minimum atomic E-state index is 0.570. The standard InChI is InChI=1S/C8H14N4O/c9-4-7-2-1-3-12(5-7)8-11-10-6-13-8/h6-7H,1-5,9H2. The van der Waals surface area contributed by atoms with Crippen LogP contribution in [0, 0.1) is 5.92 Å². The molecule has 1 saturated heterocycles. The molecule has 1 aromatic rings. The SMILES string of the molecule is NCC1CCCN(c2nnco2)C1. The quantitative estimate of drug-likeness (QED) is 0.709. The Morgan fingerprint density at radius 2 is 2.62 bits per heavy atom. The number of anilines is 1. The summed E-state index contributed by atoms with van der Waals surface area (Å²) in [5, 5.41) is 7.54. The maximum atomic E-state index is 5.63. The number of piperidine rings is 1. The lowest BCUT2D eigenvalue weighted by Gasteiger charge is -2.30. The van der Waals surface area contributed by atoms with Crippen LogP contribution in [0.1, 0.15) is 12.8 Å². The lowest BCUT2D eigenvalue weighted by Crippen LogP contribution is -2.38. The van der Waals surface area contributed by atoms with Gasteiger partial charge in [0, 0.05) is 13.1 Å². The van der Waals surface area contributed by atoms with E-state index >= 15 is 0 Å². The molecule has 72 valence electrons. The van der Waals surface area contributed by atoms with Crippen LogP contribution in [0.15, 0.2) is 10.8 Å². The van der Waals surface area contributed by atoms with E-state index in [1.807, 2.05) is 0 Å². The van der Waals surface area contributed by atoms with Crippen molar-refractivity contribution in [2.45, 2.75) is 12.8 Å². The van der Waals surface area contributed by atoms with Crippen molar-refractivity contribution in [3.63, 3.8) is 0 Å². The summed E-state index contributed by atoms with van der Waals surface area (Å²) in [5.74, 6) is 0.570. The Hall–Kier alpha value is -1.10. The Morgan fingerprint density at radius 1 is 1.69 bits per heavy atom. The maximum Gasteiger partial charge on any atom is 0.317 e. The molecule has 0 aliphatic carbocycles. The summed E-state index contributed by atoms with van der Waals surface area (Å²) >= 11 is 0. The smallest absolute Gasteiger partial charge is 0.317 e. The molecule has 5 nitrogen and oxygen atoms in total. The van der Waals surface area contributed by atoms with Crippen LogP contribution in [-0.4, -0.2) is 29.8 Å². The minimum Gasteiger partial charge on any atom is -0.411 e. The lowest BCUT2D eigenvalue weighted by molar-refractivity contribution is 0.399. The molecule has 13 heavy (non-hydrogen) atoms. The average Bonchev–Trinajstić information content (AvgIpc) is 2.71. The zero-order chi connectivity index (χ0) is 9.10. The van der Waals surface area contributed by atoms with Gasteiger partial charge in [0.2, 0.25) is 6.39 Å². The van der Waals surface area contributed by atoms with E-state index in [0.717, 1.165) is 26.1 Å². The number of hydrogen-bond donors (Lipinski definition) is 1. The Balaban J connectivity index is 2.00. The van der Waals surface area contributed by atoms with Gasteiger partial charge in [-0.2, -0.15) is 0 Å². The van der Waals surface area contributed by atoms with Crippen LogP contribution in [0.25, 0.3) is 0 Å². The highest BCUT2D eigenvalue weighted by Crippen LogP contribution is 2.19. The highest BCUT2D eigenvalue weighted by atomic mass is 16.4. The second kappa shape index (κ2) is 3.74. The van der Waals surface area contributed by atoms with Crippen LogP contribution in [0.2, 0.25) is 0 Å². The Kier molecular flexibility index (Phi) is 2.44. The predicted molar refractivity (Wildman–Crippen MR) is 48.3 cm³/mol. The van der Waals surface area contributed by atoms with Crippen LogP contribution >= 0.6 is 0 Å². The van der Waals surface area contributed by atoms with Crippen molar-refractivity contribution in [3.8, 4) is 0 Å². The highest BCUT2D eigenvalue weighted by Gasteiger charge is 2.21. The van der Waals surface area contributed by atoms with Gasteiger partial charge in [0.05, 0.1) is 0 Å². The monoisotopic (exact) mass is 182 g/mol. The number of aromatic nitrogens is 2. The maximum absolute atomic E-state index is 5.63. The Labute approximate surface area is 76.9 Å². The lowest BCUT2D eigenvalue weighted by atomic mass is 9.99. The molecule has 1 unspecified atom stereocenters. The van der Waals surface area contributed by atoms with Crippen LogP contribution in [0.4, 0.5) is 6.01 Å². The molecular formula is C8H14N4O. The molecule has 1 fully saturated rings. The molecule has 0 amide bonds. The van der Waals surface area contributed by atoms with E-state index in [-0.39, 0.29) is 0 Å². The first-order valence-corrected chi connectivity index (χ1v) is 4.61. The number of rotatable bonds is 2. The first kappa shape index (κ1) is 8.50. The van der Waals surface area contributed by atoms with Gasteiger partial charge in [-0.15, -0.1) is 5.10 Å². The van der Waals surface area contributed by atoms with Crippen molar-refractivity contribution in [3.05, 3.63) is 6.39 Å². The largest absolute Gasteiger partial charge is 0.411 e. The van der Waals surface area contributed by atoms with Gasteiger partial charge in [0.25, 0.3) is 0 Å². The summed E-state index contributed by atoms with van der Waals surface area (Å²) in [6, 6.07) is 0.623. The molecule has 0 spiro atoms. The number of hydrogen-bond acceptors (Lipinski definition) is 5. The van der Waals surface area contributed by atoms with Gasteiger partial charge >= 0.3 is 6.01 Å². The Morgan fingerprint density at radius 3 is 3.31 bits per heavy atom. The molecular weight excluding hydrogens is 168 g/mol. The summed E-state index contributed by atoms with van der Waals surface area (Å²) in [4.78, 5) is 2.11. The van der Waals surface area contributed by atoms with Crippen molar-refractivity contribution in [1.82, 2.24) is 10.2 Å². The molecule has 0 radical (unpaired) electrons. The molecule has 0 bridgehead atoms. The summed E-state index contributed by atoms with van der Waals surface area (Å²) < 4.78 is 5.13. The zero-order valence-electron chi connectivity index (χ0n) is 7.52. The average molecular weight is 182 g/mol.